The first-order valence-corrected chi connectivity index (χ1v) is 6.74. The number of nitrogens with two attached hydrogens (primary N) is 1. The molecule has 96 valence electrons. The van der Waals surface area contributed by atoms with Crippen molar-refractivity contribution in [3.63, 3.8) is 0 Å². The predicted molar refractivity (Wildman–Crippen MR) is 68.3 cm³/mol. The van der Waals surface area contributed by atoms with Crippen molar-refractivity contribution in [3.8, 4) is 0 Å². The van der Waals surface area contributed by atoms with E-state index in [-0.39, 0.29) is 12.6 Å². The van der Waals surface area contributed by atoms with Gasteiger partial charge in [0, 0.05) is 12.1 Å². The van der Waals surface area contributed by atoms with E-state index >= 15 is 0 Å². The molecule has 1 fully saturated rings. The topological polar surface area (TPSA) is 58.3 Å². The van der Waals surface area contributed by atoms with Crippen molar-refractivity contribution in [2.75, 3.05) is 13.2 Å². The second kappa shape index (κ2) is 7.25. The summed E-state index contributed by atoms with van der Waals surface area (Å²) in [6.45, 7) is 5.42. The van der Waals surface area contributed by atoms with E-state index in [1.807, 2.05) is 0 Å². The number of rotatable bonds is 6. The zero-order valence-corrected chi connectivity index (χ0v) is 10.8. The van der Waals surface area contributed by atoms with E-state index in [0.717, 1.165) is 13.0 Å². The molecular formula is C13H28N2O. The van der Waals surface area contributed by atoms with Crippen molar-refractivity contribution < 1.29 is 5.11 Å². The molecule has 0 saturated heterocycles. The SMILES string of the molecule is CC(C)CC(CO)NC1CCCCC1CN. The van der Waals surface area contributed by atoms with Crippen molar-refractivity contribution in [2.45, 2.75) is 58.0 Å². The lowest BCUT2D eigenvalue weighted by Gasteiger charge is -2.34. The summed E-state index contributed by atoms with van der Waals surface area (Å²) in [6.07, 6.45) is 6.12. The Labute approximate surface area is 99.8 Å². The van der Waals surface area contributed by atoms with Crippen molar-refractivity contribution in [2.24, 2.45) is 17.6 Å². The van der Waals surface area contributed by atoms with E-state index < -0.39 is 0 Å². The second-order valence-corrected chi connectivity index (χ2v) is 5.56. The van der Waals surface area contributed by atoms with Gasteiger partial charge in [0.05, 0.1) is 6.61 Å². The Morgan fingerprint density at radius 1 is 1.31 bits per heavy atom. The third-order valence-corrected chi connectivity index (χ3v) is 3.64. The van der Waals surface area contributed by atoms with Crippen LogP contribution in [0.4, 0.5) is 0 Å². The maximum atomic E-state index is 9.37. The molecule has 3 unspecified atom stereocenters. The van der Waals surface area contributed by atoms with Crippen LogP contribution in [0.5, 0.6) is 0 Å². The van der Waals surface area contributed by atoms with Crippen LogP contribution in [0, 0.1) is 11.8 Å². The van der Waals surface area contributed by atoms with E-state index in [1.54, 1.807) is 0 Å². The molecule has 0 aromatic rings. The van der Waals surface area contributed by atoms with Crippen LogP contribution in [0.15, 0.2) is 0 Å². The molecule has 1 aliphatic carbocycles. The summed E-state index contributed by atoms with van der Waals surface area (Å²) < 4.78 is 0. The molecule has 0 spiro atoms. The van der Waals surface area contributed by atoms with Crippen LogP contribution >= 0.6 is 0 Å². The summed E-state index contributed by atoms with van der Waals surface area (Å²) in [5.74, 6) is 1.24. The fourth-order valence-corrected chi connectivity index (χ4v) is 2.78. The summed E-state index contributed by atoms with van der Waals surface area (Å²) in [6, 6.07) is 0.770. The molecule has 0 amide bonds. The Bertz CT molecular complexity index is 185. The van der Waals surface area contributed by atoms with Gasteiger partial charge in [0.2, 0.25) is 0 Å². The normalized spacial score (nSPS) is 28.3. The third-order valence-electron chi connectivity index (χ3n) is 3.64. The van der Waals surface area contributed by atoms with Crippen LogP contribution in [-0.4, -0.2) is 30.3 Å². The zero-order chi connectivity index (χ0) is 12.0. The molecule has 3 heteroatoms. The highest BCUT2D eigenvalue weighted by Crippen LogP contribution is 2.24. The maximum absolute atomic E-state index is 9.37. The van der Waals surface area contributed by atoms with Gasteiger partial charge in [-0.3, -0.25) is 0 Å². The van der Waals surface area contributed by atoms with E-state index in [4.69, 9.17) is 5.73 Å². The van der Waals surface area contributed by atoms with E-state index in [1.165, 1.54) is 25.7 Å². The van der Waals surface area contributed by atoms with Crippen LogP contribution in [0.3, 0.4) is 0 Å². The van der Waals surface area contributed by atoms with E-state index in [0.29, 0.717) is 17.9 Å². The summed E-state index contributed by atoms with van der Waals surface area (Å²) in [7, 11) is 0. The highest BCUT2D eigenvalue weighted by molar-refractivity contribution is 4.84. The molecule has 0 aromatic carbocycles. The Morgan fingerprint density at radius 3 is 2.56 bits per heavy atom. The van der Waals surface area contributed by atoms with E-state index in [2.05, 4.69) is 19.2 Å². The molecule has 16 heavy (non-hydrogen) atoms. The van der Waals surface area contributed by atoms with Crippen LogP contribution in [0.2, 0.25) is 0 Å². The highest BCUT2D eigenvalue weighted by atomic mass is 16.3. The molecule has 0 heterocycles. The summed E-state index contributed by atoms with van der Waals surface area (Å²) in [4.78, 5) is 0. The summed E-state index contributed by atoms with van der Waals surface area (Å²) in [5, 5.41) is 13.0. The van der Waals surface area contributed by atoms with Gasteiger partial charge < -0.3 is 16.2 Å². The molecular weight excluding hydrogens is 200 g/mol. The molecule has 0 radical (unpaired) electrons. The minimum Gasteiger partial charge on any atom is -0.395 e. The lowest BCUT2D eigenvalue weighted by atomic mass is 9.84. The minimum atomic E-state index is 0.242. The standard InChI is InChI=1S/C13H28N2O/c1-10(2)7-12(9-16)15-13-6-4-3-5-11(13)8-14/h10-13,15-16H,3-9,14H2,1-2H3. The highest BCUT2D eigenvalue weighted by Gasteiger charge is 2.25. The monoisotopic (exact) mass is 228 g/mol. The Morgan fingerprint density at radius 2 is 2.00 bits per heavy atom. The molecule has 0 bridgehead atoms. The number of hydrogen-bond donors (Lipinski definition) is 3. The number of aliphatic hydroxyl groups is 1. The largest absolute Gasteiger partial charge is 0.395 e. The van der Waals surface area contributed by atoms with Crippen LogP contribution in [0.1, 0.15) is 46.0 Å². The zero-order valence-electron chi connectivity index (χ0n) is 10.8. The first kappa shape index (κ1) is 13.9. The minimum absolute atomic E-state index is 0.242. The van der Waals surface area contributed by atoms with Crippen molar-refractivity contribution in [1.82, 2.24) is 5.32 Å². The number of hydrogen-bond acceptors (Lipinski definition) is 3. The molecule has 0 aromatic heterocycles. The van der Waals surface area contributed by atoms with Gasteiger partial charge in [-0.2, -0.15) is 0 Å². The van der Waals surface area contributed by atoms with Gasteiger partial charge >= 0.3 is 0 Å². The van der Waals surface area contributed by atoms with Crippen molar-refractivity contribution in [1.29, 1.82) is 0 Å². The average Bonchev–Trinajstić information content (AvgIpc) is 2.28. The number of aliphatic hydroxyl groups excluding tert-OH is 1. The summed E-state index contributed by atoms with van der Waals surface area (Å²) >= 11 is 0. The lowest BCUT2D eigenvalue weighted by Crippen LogP contribution is -2.48. The number of nitrogens with one attached hydrogen (secondary N) is 1. The average molecular weight is 228 g/mol. The predicted octanol–water partition coefficient (Wildman–Crippen LogP) is 1.50. The molecule has 1 rings (SSSR count). The van der Waals surface area contributed by atoms with Gasteiger partial charge in [0.15, 0.2) is 0 Å². The fourth-order valence-electron chi connectivity index (χ4n) is 2.78. The van der Waals surface area contributed by atoms with Crippen molar-refractivity contribution in [3.05, 3.63) is 0 Å². The van der Waals surface area contributed by atoms with Gasteiger partial charge in [-0.1, -0.05) is 26.7 Å². The Kier molecular flexibility index (Phi) is 6.32. The van der Waals surface area contributed by atoms with Gasteiger partial charge in [-0.05, 0) is 37.6 Å². The van der Waals surface area contributed by atoms with Gasteiger partial charge in [0.25, 0.3) is 0 Å². The van der Waals surface area contributed by atoms with Gasteiger partial charge in [0.1, 0.15) is 0 Å². The van der Waals surface area contributed by atoms with Gasteiger partial charge in [-0.25, -0.2) is 0 Å². The first-order valence-electron chi connectivity index (χ1n) is 6.74. The first-order chi connectivity index (χ1) is 7.67. The molecule has 3 nitrogen and oxygen atoms in total. The molecule has 4 N–H and O–H groups in total. The maximum Gasteiger partial charge on any atom is 0.0584 e. The fraction of sp³-hybridized carbons (Fsp3) is 1.00. The lowest BCUT2D eigenvalue weighted by molar-refractivity contribution is 0.178. The van der Waals surface area contributed by atoms with Crippen LogP contribution in [0.25, 0.3) is 0 Å². The van der Waals surface area contributed by atoms with E-state index in [9.17, 15) is 5.11 Å². The van der Waals surface area contributed by atoms with Crippen molar-refractivity contribution >= 4 is 0 Å². The quantitative estimate of drug-likeness (QED) is 0.646. The smallest absolute Gasteiger partial charge is 0.0584 e. The third kappa shape index (κ3) is 4.40. The molecule has 1 saturated carbocycles. The van der Waals surface area contributed by atoms with Crippen LogP contribution < -0.4 is 11.1 Å². The molecule has 0 aliphatic heterocycles. The Hall–Kier alpha value is -0.120. The van der Waals surface area contributed by atoms with Gasteiger partial charge in [-0.15, -0.1) is 0 Å². The second-order valence-electron chi connectivity index (χ2n) is 5.56. The molecule has 1 aliphatic rings. The Balaban J connectivity index is 2.41. The molecule has 3 atom stereocenters. The summed E-state index contributed by atoms with van der Waals surface area (Å²) in [5.41, 5.74) is 5.81. The van der Waals surface area contributed by atoms with Crippen LogP contribution in [-0.2, 0) is 0 Å².